The number of hydrogen-bond acceptors (Lipinski definition) is 5. The lowest BCUT2D eigenvalue weighted by Crippen LogP contribution is -2.64. The van der Waals surface area contributed by atoms with Crippen LogP contribution >= 0.6 is 0 Å². The van der Waals surface area contributed by atoms with Gasteiger partial charge in [-0.25, -0.2) is 9.52 Å². The molecule has 0 atom stereocenters. The predicted molar refractivity (Wildman–Crippen MR) is 155 cm³/mol. The molecule has 8 nitrogen and oxygen atoms in total. The molecule has 0 bridgehead atoms. The van der Waals surface area contributed by atoms with E-state index in [4.69, 9.17) is 0 Å². The van der Waals surface area contributed by atoms with Crippen molar-refractivity contribution < 1.29 is 13.2 Å². The Morgan fingerprint density at radius 3 is 2.11 bits per heavy atom. The number of benzene rings is 1. The van der Waals surface area contributed by atoms with Crippen molar-refractivity contribution in [2.24, 2.45) is 0 Å². The van der Waals surface area contributed by atoms with E-state index in [1.807, 2.05) is 0 Å². The minimum atomic E-state index is -4.09. The molecule has 0 fully saturated rings. The van der Waals surface area contributed by atoms with E-state index in [0.29, 0.717) is 13.1 Å². The van der Waals surface area contributed by atoms with E-state index in [0.717, 1.165) is 55.3 Å². The van der Waals surface area contributed by atoms with Crippen LogP contribution in [-0.4, -0.2) is 93.2 Å². The van der Waals surface area contributed by atoms with Crippen molar-refractivity contribution in [2.75, 3.05) is 11.9 Å². The molecule has 2 aliphatic rings. The van der Waals surface area contributed by atoms with Crippen LogP contribution in [0.3, 0.4) is 0 Å². The van der Waals surface area contributed by atoms with Gasteiger partial charge in [0.2, 0.25) is 0 Å². The Bertz CT molecular complexity index is 1190. The van der Waals surface area contributed by atoms with Gasteiger partial charge in [0.15, 0.2) is 5.03 Å². The van der Waals surface area contributed by atoms with Gasteiger partial charge in [-0.1, -0.05) is 16.5 Å². The molecular weight excluding hydrogens is 455 g/mol. The van der Waals surface area contributed by atoms with Crippen molar-refractivity contribution in [3.05, 3.63) is 40.6 Å². The monoisotopic (exact) mass is 489 g/mol. The summed E-state index contributed by atoms with van der Waals surface area (Å²) in [6.45, 7) is 1.25. The van der Waals surface area contributed by atoms with Gasteiger partial charge < -0.3 is 10.2 Å². The maximum Gasteiger partial charge on any atom is 0.333 e. The van der Waals surface area contributed by atoms with Crippen molar-refractivity contribution in [1.82, 2.24) is 19.4 Å². The molecule has 15 heteroatoms. The zero-order valence-electron chi connectivity index (χ0n) is 21.9. The first-order valence-electron chi connectivity index (χ1n) is 12.6. The highest BCUT2D eigenvalue weighted by Crippen LogP contribution is 2.38. The number of rotatable bonds is 8. The number of urea groups is 1. The van der Waals surface area contributed by atoms with Crippen LogP contribution < -0.4 is 10.0 Å². The van der Waals surface area contributed by atoms with Gasteiger partial charge in [-0.05, 0) is 66.8 Å². The third-order valence-electron chi connectivity index (χ3n) is 7.00. The molecule has 2 aromatic rings. The van der Waals surface area contributed by atoms with E-state index < -0.39 is 16.1 Å². The largest absolute Gasteiger partial charge is 0.336 e. The Labute approximate surface area is 214 Å². The Morgan fingerprint density at radius 1 is 1.00 bits per heavy atom. The first kappa shape index (κ1) is 26.1. The molecule has 0 radical (unpaired) electrons. The summed E-state index contributed by atoms with van der Waals surface area (Å²) in [5, 5.41) is 6.89. The van der Waals surface area contributed by atoms with Crippen molar-refractivity contribution in [3.8, 4) is 0 Å². The van der Waals surface area contributed by atoms with Crippen molar-refractivity contribution in [2.45, 2.75) is 60.6 Å². The molecule has 2 amide bonds. The molecule has 0 spiro atoms. The molecular formula is C20H33B6N5O3S. The van der Waals surface area contributed by atoms with E-state index in [1.165, 1.54) is 17.2 Å². The summed E-state index contributed by atoms with van der Waals surface area (Å²) in [5.74, 6) is 0. The van der Waals surface area contributed by atoms with Crippen molar-refractivity contribution >= 4 is 68.8 Å². The van der Waals surface area contributed by atoms with Crippen LogP contribution in [0.15, 0.2) is 23.4 Å². The van der Waals surface area contributed by atoms with E-state index in [2.05, 4.69) is 73.2 Å². The SMILES string of the molecule is BC(B)(B)N(CCn1ccc(S(=O)(=O)NC(=O)Nc2c3c(cc4c2CCC4)CCC3)n1)C(B)(B)B. The number of aromatic nitrogens is 2. The summed E-state index contributed by atoms with van der Waals surface area (Å²) in [6, 6.07) is 2.98. The fourth-order valence-corrected chi connectivity index (χ4v) is 6.62. The van der Waals surface area contributed by atoms with Gasteiger partial charge in [-0.15, -0.1) is 0 Å². The number of nitrogens with one attached hydrogen (secondary N) is 2. The summed E-state index contributed by atoms with van der Waals surface area (Å²) in [4.78, 5) is 15.2. The third-order valence-corrected chi connectivity index (χ3v) is 8.22. The van der Waals surface area contributed by atoms with Gasteiger partial charge in [0.1, 0.15) is 47.1 Å². The average Bonchev–Trinajstić information content (AvgIpc) is 3.45. The van der Waals surface area contributed by atoms with Crippen LogP contribution in [0.1, 0.15) is 35.1 Å². The number of fused-ring (bicyclic) bond motifs is 2. The van der Waals surface area contributed by atoms with E-state index in [1.54, 1.807) is 10.9 Å². The number of anilines is 1. The number of aryl methyl sites for hydroxylation is 2. The second kappa shape index (κ2) is 9.46. The van der Waals surface area contributed by atoms with Gasteiger partial charge in [0.25, 0.3) is 10.0 Å². The molecule has 180 valence electrons. The zero-order valence-corrected chi connectivity index (χ0v) is 22.7. The third kappa shape index (κ3) is 5.71. The topological polar surface area (TPSA) is 96.3 Å². The normalized spacial score (nSPS) is 15.7. The van der Waals surface area contributed by atoms with Gasteiger partial charge in [-0.2, -0.15) is 13.5 Å². The first-order chi connectivity index (χ1) is 16.3. The molecule has 1 heterocycles. The predicted octanol–water partition coefficient (Wildman–Crippen LogP) is -4.31. The standard InChI is InChI=1S/C20H33B6N5O3S/c21-19(22,23)31(20(24,25)26)10-9-30-8-7-16(28-30)35(33,34)29-18(32)27-17-14-5-1-3-12(14)11-13-4-2-6-15(13)17/h7-8,11H,1-6,9-10,21-26H2,(H2,27,29,32). The highest BCUT2D eigenvalue weighted by atomic mass is 32.2. The number of carbonyl (C=O) groups excluding carboxylic acids is 1. The lowest BCUT2D eigenvalue weighted by atomic mass is 9.40. The van der Waals surface area contributed by atoms with Gasteiger partial charge in [0, 0.05) is 18.4 Å². The molecule has 1 aromatic heterocycles. The molecule has 35 heavy (non-hydrogen) atoms. The summed E-state index contributed by atoms with van der Waals surface area (Å²) in [5.41, 5.74) is 5.69. The quantitative estimate of drug-likeness (QED) is 0.367. The second-order valence-electron chi connectivity index (χ2n) is 11.7. The molecule has 2 aliphatic carbocycles. The molecule has 2 N–H and O–H groups in total. The summed E-state index contributed by atoms with van der Waals surface area (Å²) in [6.07, 6.45) is 7.61. The van der Waals surface area contributed by atoms with E-state index in [9.17, 15) is 13.2 Å². The second-order valence-corrected chi connectivity index (χ2v) is 13.3. The highest BCUT2D eigenvalue weighted by Gasteiger charge is 2.31. The number of amides is 2. The summed E-state index contributed by atoms with van der Waals surface area (Å²) in [7, 11) is 8.89. The van der Waals surface area contributed by atoms with Crippen LogP contribution in [0.25, 0.3) is 0 Å². The lowest BCUT2D eigenvalue weighted by Gasteiger charge is -2.46. The Morgan fingerprint density at radius 2 is 1.57 bits per heavy atom. The van der Waals surface area contributed by atoms with Gasteiger partial charge >= 0.3 is 6.03 Å². The van der Waals surface area contributed by atoms with E-state index >= 15 is 0 Å². The summed E-state index contributed by atoms with van der Waals surface area (Å²) < 4.78 is 29.6. The van der Waals surface area contributed by atoms with Gasteiger partial charge in [0.05, 0.1) is 6.54 Å². The lowest BCUT2D eigenvalue weighted by molar-refractivity contribution is 0.255. The molecule has 4 rings (SSSR count). The Hall–Kier alpha value is -2.00. The molecule has 0 saturated carbocycles. The Balaban J connectivity index is 1.44. The minimum Gasteiger partial charge on any atom is -0.336 e. The summed E-state index contributed by atoms with van der Waals surface area (Å²) >= 11 is 0. The molecule has 0 unspecified atom stereocenters. The molecule has 1 aromatic carbocycles. The van der Waals surface area contributed by atoms with Crippen LogP contribution in [-0.2, 0) is 42.3 Å². The van der Waals surface area contributed by atoms with Crippen LogP contribution in [0.2, 0.25) is 0 Å². The average molecular weight is 488 g/mol. The number of hydrogen-bond donors (Lipinski definition) is 2. The maximum absolute atomic E-state index is 12.9. The van der Waals surface area contributed by atoms with Crippen LogP contribution in [0.5, 0.6) is 0 Å². The number of carbonyl (C=O) groups is 1. The fourth-order valence-electron chi connectivity index (χ4n) is 5.77. The number of nitrogens with zero attached hydrogens (tertiary/aromatic N) is 3. The Kier molecular flexibility index (Phi) is 7.05. The minimum absolute atomic E-state index is 0.0439. The van der Waals surface area contributed by atoms with Crippen molar-refractivity contribution in [3.63, 3.8) is 0 Å². The van der Waals surface area contributed by atoms with E-state index in [-0.39, 0.29) is 15.5 Å². The van der Waals surface area contributed by atoms with Crippen molar-refractivity contribution in [1.29, 1.82) is 0 Å². The van der Waals surface area contributed by atoms with Crippen LogP contribution in [0, 0.1) is 0 Å². The first-order valence-corrected chi connectivity index (χ1v) is 14.1. The molecule has 0 saturated heterocycles. The van der Waals surface area contributed by atoms with Gasteiger partial charge in [-0.3, -0.25) is 4.68 Å². The molecule has 0 aliphatic heterocycles. The smallest absolute Gasteiger partial charge is 0.333 e. The number of sulfonamides is 1. The zero-order chi connectivity index (χ0) is 25.6. The maximum atomic E-state index is 12.9. The fraction of sp³-hybridized carbons (Fsp3) is 0.500. The highest BCUT2D eigenvalue weighted by molar-refractivity contribution is 7.90. The van der Waals surface area contributed by atoms with Crippen LogP contribution in [0.4, 0.5) is 10.5 Å².